The summed E-state index contributed by atoms with van der Waals surface area (Å²) in [6.07, 6.45) is 9.93. The molecule has 5 aliphatic rings. The first-order valence-corrected chi connectivity index (χ1v) is 5.73. The first kappa shape index (κ1) is 8.14. The highest BCUT2D eigenvalue weighted by Crippen LogP contribution is 2.84. The molecule has 2 spiro atoms. The van der Waals surface area contributed by atoms with Gasteiger partial charge in [0.15, 0.2) is 0 Å². The molecule has 78 valence electrons. The van der Waals surface area contributed by atoms with E-state index >= 15 is 0 Å². The van der Waals surface area contributed by atoms with Crippen LogP contribution in [0, 0.1) is 22.7 Å². The Morgan fingerprint density at radius 3 is 3.13 bits per heavy atom. The highest BCUT2D eigenvalue weighted by atomic mass is 16.5. The molecule has 0 N–H and O–H groups in total. The summed E-state index contributed by atoms with van der Waals surface area (Å²) in [6, 6.07) is 0. The second-order valence-electron chi connectivity index (χ2n) is 5.44. The van der Waals surface area contributed by atoms with E-state index in [1.54, 1.807) is 7.11 Å². The maximum absolute atomic E-state index is 12.1. The molecule has 4 saturated carbocycles. The van der Waals surface area contributed by atoms with Crippen molar-refractivity contribution in [1.29, 1.82) is 0 Å². The zero-order chi connectivity index (χ0) is 10.3. The van der Waals surface area contributed by atoms with E-state index in [0.29, 0.717) is 17.6 Å². The first-order chi connectivity index (χ1) is 7.23. The van der Waals surface area contributed by atoms with Crippen LogP contribution in [0.5, 0.6) is 0 Å². The van der Waals surface area contributed by atoms with Crippen molar-refractivity contribution in [3.05, 3.63) is 24.0 Å². The summed E-state index contributed by atoms with van der Waals surface area (Å²) in [7, 11) is 1.71. The third-order valence-electron chi connectivity index (χ3n) is 5.17. The molecule has 0 aromatic rings. The summed E-state index contributed by atoms with van der Waals surface area (Å²) in [4.78, 5) is 12.1. The molecule has 4 bridgehead atoms. The van der Waals surface area contributed by atoms with E-state index in [2.05, 4.69) is 18.2 Å². The highest BCUT2D eigenvalue weighted by molar-refractivity contribution is 5.95. The number of ether oxygens (including phenoxy) is 1. The van der Waals surface area contributed by atoms with Crippen LogP contribution < -0.4 is 0 Å². The lowest BCUT2D eigenvalue weighted by atomic mass is 9.70. The van der Waals surface area contributed by atoms with Gasteiger partial charge in [0.2, 0.25) is 0 Å². The Kier molecular flexibility index (Phi) is 1.12. The average Bonchev–Trinajstić information content (AvgIpc) is 2.81. The van der Waals surface area contributed by atoms with Gasteiger partial charge in [-0.15, -0.1) is 0 Å². The van der Waals surface area contributed by atoms with Gasteiger partial charge in [-0.2, -0.15) is 0 Å². The molecule has 5 rings (SSSR count). The van der Waals surface area contributed by atoms with Crippen molar-refractivity contribution in [3.8, 4) is 0 Å². The van der Waals surface area contributed by atoms with Crippen molar-refractivity contribution in [2.24, 2.45) is 22.7 Å². The fourth-order valence-corrected chi connectivity index (χ4v) is 4.52. The smallest absolute Gasteiger partial charge is 0.140 e. The molecule has 0 saturated heterocycles. The molecule has 0 amide bonds. The zero-order valence-electron chi connectivity index (χ0n) is 8.82. The third-order valence-corrected chi connectivity index (χ3v) is 5.17. The Morgan fingerprint density at radius 2 is 2.33 bits per heavy atom. The predicted molar refractivity (Wildman–Crippen MR) is 54.9 cm³/mol. The Bertz CT molecular complexity index is 434. The molecular weight excluding hydrogens is 188 g/mol. The summed E-state index contributed by atoms with van der Waals surface area (Å²) in [5, 5.41) is 0. The topological polar surface area (TPSA) is 26.3 Å². The van der Waals surface area contributed by atoms with Crippen molar-refractivity contribution >= 4 is 5.78 Å². The highest BCUT2D eigenvalue weighted by Gasteiger charge is 2.83. The third kappa shape index (κ3) is 0.622. The molecule has 5 aliphatic carbocycles. The number of fused-ring (bicyclic) bond motifs is 1. The number of hydrogen-bond acceptors (Lipinski definition) is 2. The van der Waals surface area contributed by atoms with Crippen LogP contribution in [0.4, 0.5) is 0 Å². The molecule has 0 aromatic carbocycles. The Hall–Kier alpha value is -1.05. The molecule has 1 unspecified atom stereocenters. The van der Waals surface area contributed by atoms with Gasteiger partial charge in [0.1, 0.15) is 11.5 Å². The SMILES string of the molecule is COC1=C[C@]23C[C@@H]4CC[C@@]2(C=C1)C3C4=O. The van der Waals surface area contributed by atoms with Gasteiger partial charge in [0, 0.05) is 22.7 Å². The van der Waals surface area contributed by atoms with Crippen molar-refractivity contribution in [2.75, 3.05) is 7.11 Å². The van der Waals surface area contributed by atoms with Crippen LogP contribution in [0.25, 0.3) is 0 Å². The predicted octanol–water partition coefficient (Wildman–Crippen LogP) is 2.07. The molecule has 0 aromatic heterocycles. The quantitative estimate of drug-likeness (QED) is 0.650. The summed E-state index contributed by atoms with van der Waals surface area (Å²) in [5.74, 6) is 2.13. The Labute approximate surface area is 89.0 Å². The molecule has 4 atom stereocenters. The number of hydrogen-bond donors (Lipinski definition) is 0. The largest absolute Gasteiger partial charge is 0.497 e. The minimum atomic E-state index is 0.174. The van der Waals surface area contributed by atoms with Crippen molar-refractivity contribution < 1.29 is 9.53 Å². The van der Waals surface area contributed by atoms with E-state index in [0.717, 1.165) is 18.6 Å². The van der Waals surface area contributed by atoms with Crippen LogP contribution in [0.2, 0.25) is 0 Å². The number of rotatable bonds is 1. The van der Waals surface area contributed by atoms with Gasteiger partial charge in [-0.25, -0.2) is 0 Å². The second kappa shape index (κ2) is 2.06. The number of Topliss-reactive ketones (excluding diaryl/α,β-unsaturated/α-hetero) is 1. The average molecular weight is 202 g/mol. The maximum atomic E-state index is 12.1. The van der Waals surface area contributed by atoms with E-state index in [9.17, 15) is 4.79 Å². The number of ketones is 1. The van der Waals surface area contributed by atoms with Crippen molar-refractivity contribution in [1.82, 2.24) is 0 Å². The lowest BCUT2D eigenvalue weighted by Crippen LogP contribution is -2.29. The summed E-state index contributed by atoms with van der Waals surface area (Å²) >= 11 is 0. The minimum absolute atomic E-state index is 0.174. The van der Waals surface area contributed by atoms with E-state index in [1.807, 2.05) is 0 Å². The van der Waals surface area contributed by atoms with E-state index in [1.165, 1.54) is 6.42 Å². The van der Waals surface area contributed by atoms with Crippen LogP contribution in [0.3, 0.4) is 0 Å². The van der Waals surface area contributed by atoms with E-state index in [-0.39, 0.29) is 10.8 Å². The van der Waals surface area contributed by atoms with E-state index in [4.69, 9.17) is 4.74 Å². The number of methoxy groups -OCH3 is 1. The zero-order valence-corrected chi connectivity index (χ0v) is 8.82. The lowest BCUT2D eigenvalue weighted by Gasteiger charge is -2.33. The number of carbonyl (C=O) groups is 1. The first-order valence-electron chi connectivity index (χ1n) is 5.73. The number of allylic oxidation sites excluding steroid dienone is 3. The van der Waals surface area contributed by atoms with Crippen LogP contribution in [0.15, 0.2) is 24.0 Å². The fourth-order valence-electron chi connectivity index (χ4n) is 4.52. The molecule has 0 aliphatic heterocycles. The van der Waals surface area contributed by atoms with Gasteiger partial charge in [-0.1, -0.05) is 6.08 Å². The summed E-state index contributed by atoms with van der Waals surface area (Å²) < 4.78 is 5.29. The second-order valence-corrected chi connectivity index (χ2v) is 5.44. The van der Waals surface area contributed by atoms with Gasteiger partial charge in [-0.05, 0) is 31.4 Å². The van der Waals surface area contributed by atoms with Crippen LogP contribution in [0.1, 0.15) is 19.3 Å². The minimum Gasteiger partial charge on any atom is -0.497 e. The van der Waals surface area contributed by atoms with Gasteiger partial charge >= 0.3 is 0 Å². The molecule has 4 fully saturated rings. The summed E-state index contributed by atoms with van der Waals surface area (Å²) in [6.45, 7) is 0. The molecule has 2 heteroatoms. The fraction of sp³-hybridized carbons (Fsp3) is 0.615. The van der Waals surface area contributed by atoms with Crippen LogP contribution in [-0.4, -0.2) is 12.9 Å². The molecule has 2 nitrogen and oxygen atoms in total. The standard InChI is InChI=1S/C13H14O2/c1-15-9-3-5-12-4-2-8-6-13(12,7-9)11(12)10(8)14/h3,5,7-8,11H,2,4,6H2,1H3/t8-,11?,12+,13-/m0/s1. The van der Waals surface area contributed by atoms with Gasteiger partial charge < -0.3 is 4.74 Å². The monoisotopic (exact) mass is 202 g/mol. The molecule has 15 heavy (non-hydrogen) atoms. The van der Waals surface area contributed by atoms with Gasteiger partial charge in [-0.3, -0.25) is 4.79 Å². The lowest BCUT2D eigenvalue weighted by molar-refractivity contribution is -0.125. The van der Waals surface area contributed by atoms with Gasteiger partial charge in [0.25, 0.3) is 0 Å². The van der Waals surface area contributed by atoms with Crippen LogP contribution in [-0.2, 0) is 9.53 Å². The van der Waals surface area contributed by atoms with Crippen molar-refractivity contribution in [3.63, 3.8) is 0 Å². The maximum Gasteiger partial charge on any atom is 0.140 e. The van der Waals surface area contributed by atoms with Crippen molar-refractivity contribution in [2.45, 2.75) is 19.3 Å². The molecular formula is C13H14O2. The normalized spacial score (nSPS) is 53.7. The summed E-state index contributed by atoms with van der Waals surface area (Å²) in [5.41, 5.74) is 0.383. The molecule has 0 radical (unpaired) electrons. The van der Waals surface area contributed by atoms with E-state index < -0.39 is 0 Å². The van der Waals surface area contributed by atoms with Gasteiger partial charge in [0.05, 0.1) is 7.11 Å². The molecule has 0 heterocycles. The Balaban J connectivity index is 1.88. The Morgan fingerprint density at radius 1 is 1.47 bits per heavy atom. The van der Waals surface area contributed by atoms with Crippen LogP contribution >= 0.6 is 0 Å². The number of carbonyl (C=O) groups excluding carboxylic acids is 1.